The predicted molar refractivity (Wildman–Crippen MR) is 50.9 cm³/mol. The molecule has 0 fully saturated rings. The molecule has 1 heterocycles. The molecular weight excluding hydrogens is 142 g/mol. The minimum Gasteiger partial charge on any atom is -0.283 e. The molecule has 0 saturated carbocycles. The van der Waals surface area contributed by atoms with Crippen molar-refractivity contribution in [2.24, 2.45) is 10.9 Å². The molecule has 1 unspecified atom stereocenters. The summed E-state index contributed by atoms with van der Waals surface area (Å²) in [5.74, 6) is 2.05. The average molecular weight is 159 g/mol. The van der Waals surface area contributed by atoms with Gasteiger partial charge in [-0.3, -0.25) is 4.99 Å². The van der Waals surface area contributed by atoms with Gasteiger partial charge in [-0.25, -0.2) is 0 Å². The molecule has 0 amide bonds. The first-order valence-corrected chi connectivity index (χ1v) is 4.91. The Morgan fingerprint density at radius 1 is 1.50 bits per heavy atom. The van der Waals surface area contributed by atoms with Gasteiger partial charge in [0.15, 0.2) is 0 Å². The van der Waals surface area contributed by atoms with Crippen LogP contribution in [0.2, 0.25) is 0 Å². The molecule has 0 aromatic rings. The van der Waals surface area contributed by atoms with E-state index in [0.29, 0.717) is 0 Å². The first kappa shape index (κ1) is 10.0. The Bertz CT molecular complexity index is 110. The quantitative estimate of drug-likeness (QED) is 0.529. The van der Waals surface area contributed by atoms with Crippen molar-refractivity contribution in [3.05, 3.63) is 0 Å². The molecule has 1 nitrogen and oxygen atoms in total. The van der Waals surface area contributed by atoms with E-state index in [1.807, 2.05) is 25.6 Å². The molecule has 1 aliphatic rings. The number of hydrogen-bond acceptors (Lipinski definition) is 2. The average Bonchev–Trinajstić information content (AvgIpc) is 2.00. The highest BCUT2D eigenvalue weighted by Gasteiger charge is 2.07. The maximum Gasteiger partial charge on any atom is 0.0645 e. The van der Waals surface area contributed by atoms with E-state index in [2.05, 4.69) is 18.8 Å². The molecular formula is C8H17NS. The first-order chi connectivity index (χ1) is 4.79. The van der Waals surface area contributed by atoms with Crippen molar-refractivity contribution in [3.63, 3.8) is 0 Å². The van der Waals surface area contributed by atoms with Crippen LogP contribution >= 0.6 is 11.8 Å². The molecule has 60 valence electrons. The molecule has 1 aliphatic heterocycles. The van der Waals surface area contributed by atoms with Crippen LogP contribution in [0, 0.1) is 5.92 Å². The smallest absolute Gasteiger partial charge is 0.0645 e. The molecule has 0 bridgehead atoms. The second kappa shape index (κ2) is 5.78. The van der Waals surface area contributed by atoms with Gasteiger partial charge in [0.2, 0.25) is 0 Å². The van der Waals surface area contributed by atoms with Crippen LogP contribution in [0.3, 0.4) is 0 Å². The lowest BCUT2D eigenvalue weighted by atomic mass is 10.2. The van der Waals surface area contributed by atoms with Crippen LogP contribution in [0.1, 0.15) is 27.7 Å². The number of hydrogen-bond donors (Lipinski definition) is 0. The van der Waals surface area contributed by atoms with Crippen molar-refractivity contribution < 1.29 is 0 Å². The molecule has 0 saturated heterocycles. The zero-order valence-corrected chi connectivity index (χ0v) is 8.16. The number of rotatable bonds is 0. The fourth-order valence-corrected chi connectivity index (χ4v) is 1.44. The molecule has 0 N–H and O–H groups in total. The van der Waals surface area contributed by atoms with Gasteiger partial charge >= 0.3 is 0 Å². The summed E-state index contributed by atoms with van der Waals surface area (Å²) in [5.41, 5.74) is 0. The Hall–Kier alpha value is 0.0200. The summed E-state index contributed by atoms with van der Waals surface area (Å²) in [6.45, 7) is 9.36. The SMILES string of the molecule is CC.CC1=NCC(C)CS1. The van der Waals surface area contributed by atoms with Gasteiger partial charge in [-0.05, 0) is 12.8 Å². The highest BCUT2D eigenvalue weighted by Crippen LogP contribution is 2.15. The van der Waals surface area contributed by atoms with Gasteiger partial charge in [-0.1, -0.05) is 20.8 Å². The van der Waals surface area contributed by atoms with Crippen molar-refractivity contribution in [3.8, 4) is 0 Å². The summed E-state index contributed by atoms with van der Waals surface area (Å²) < 4.78 is 0. The third-order valence-electron chi connectivity index (χ3n) is 1.20. The van der Waals surface area contributed by atoms with Gasteiger partial charge in [0, 0.05) is 12.3 Å². The molecule has 0 aliphatic carbocycles. The van der Waals surface area contributed by atoms with Gasteiger partial charge < -0.3 is 0 Å². The van der Waals surface area contributed by atoms with Gasteiger partial charge in [0.1, 0.15) is 0 Å². The fourth-order valence-electron chi connectivity index (χ4n) is 0.646. The molecule has 0 aromatic heterocycles. The van der Waals surface area contributed by atoms with Crippen LogP contribution in [-0.2, 0) is 0 Å². The summed E-state index contributed by atoms with van der Waals surface area (Å²) in [7, 11) is 0. The topological polar surface area (TPSA) is 12.4 Å². The Labute approximate surface area is 68.3 Å². The van der Waals surface area contributed by atoms with Crippen molar-refractivity contribution in [2.45, 2.75) is 27.7 Å². The summed E-state index contributed by atoms with van der Waals surface area (Å²) in [4.78, 5) is 4.29. The predicted octanol–water partition coefficient (Wildman–Crippen LogP) is 2.81. The molecule has 0 aromatic carbocycles. The van der Waals surface area contributed by atoms with Crippen molar-refractivity contribution >= 4 is 16.8 Å². The largest absolute Gasteiger partial charge is 0.283 e. The Morgan fingerprint density at radius 3 is 2.40 bits per heavy atom. The lowest BCUT2D eigenvalue weighted by Gasteiger charge is -2.13. The minimum atomic E-state index is 0.795. The van der Waals surface area contributed by atoms with Crippen molar-refractivity contribution in [2.75, 3.05) is 12.3 Å². The van der Waals surface area contributed by atoms with E-state index in [1.54, 1.807) is 0 Å². The van der Waals surface area contributed by atoms with Gasteiger partial charge in [-0.2, -0.15) is 0 Å². The Morgan fingerprint density at radius 2 is 2.10 bits per heavy atom. The Balaban J connectivity index is 0.000000371. The molecule has 0 spiro atoms. The van der Waals surface area contributed by atoms with E-state index in [9.17, 15) is 0 Å². The van der Waals surface area contributed by atoms with Crippen LogP contribution in [0.25, 0.3) is 0 Å². The normalized spacial score (nSPS) is 24.4. The molecule has 0 radical (unpaired) electrons. The highest BCUT2D eigenvalue weighted by atomic mass is 32.2. The van der Waals surface area contributed by atoms with Crippen LogP contribution in [0.4, 0.5) is 0 Å². The van der Waals surface area contributed by atoms with E-state index < -0.39 is 0 Å². The first-order valence-electron chi connectivity index (χ1n) is 3.93. The minimum absolute atomic E-state index is 0.795. The highest BCUT2D eigenvalue weighted by molar-refractivity contribution is 8.13. The van der Waals surface area contributed by atoms with Crippen molar-refractivity contribution in [1.82, 2.24) is 0 Å². The molecule has 1 atom stereocenters. The van der Waals surface area contributed by atoms with Crippen LogP contribution in [0.5, 0.6) is 0 Å². The third-order valence-corrected chi connectivity index (χ3v) is 2.48. The Kier molecular flexibility index (Phi) is 5.79. The summed E-state index contributed by atoms with van der Waals surface area (Å²) in [6.07, 6.45) is 0. The monoisotopic (exact) mass is 159 g/mol. The molecule has 2 heteroatoms. The lowest BCUT2D eigenvalue weighted by molar-refractivity contribution is 0.673. The second-order valence-electron chi connectivity index (χ2n) is 2.28. The standard InChI is InChI=1S/C6H11NS.C2H6/c1-5-3-7-6(2)8-4-5;1-2/h5H,3-4H2,1-2H3;1-2H3. The van der Waals surface area contributed by atoms with E-state index in [4.69, 9.17) is 0 Å². The second-order valence-corrected chi connectivity index (χ2v) is 3.49. The van der Waals surface area contributed by atoms with Crippen LogP contribution in [0.15, 0.2) is 4.99 Å². The zero-order chi connectivity index (χ0) is 7.98. The number of thioether (sulfide) groups is 1. The van der Waals surface area contributed by atoms with Gasteiger partial charge in [0.25, 0.3) is 0 Å². The van der Waals surface area contributed by atoms with Crippen LogP contribution < -0.4 is 0 Å². The summed E-state index contributed by atoms with van der Waals surface area (Å²) in [6, 6.07) is 0. The molecule has 1 rings (SSSR count). The van der Waals surface area contributed by atoms with E-state index in [1.165, 1.54) is 10.8 Å². The maximum atomic E-state index is 4.29. The molecule has 10 heavy (non-hydrogen) atoms. The van der Waals surface area contributed by atoms with E-state index in [0.717, 1.165) is 12.5 Å². The van der Waals surface area contributed by atoms with E-state index >= 15 is 0 Å². The summed E-state index contributed by atoms with van der Waals surface area (Å²) in [5, 5.41) is 1.25. The number of aliphatic imine (C=N–C) groups is 1. The third kappa shape index (κ3) is 3.94. The number of nitrogens with zero attached hydrogens (tertiary/aromatic N) is 1. The zero-order valence-electron chi connectivity index (χ0n) is 7.35. The van der Waals surface area contributed by atoms with Crippen molar-refractivity contribution in [1.29, 1.82) is 0 Å². The van der Waals surface area contributed by atoms with Gasteiger partial charge in [-0.15, -0.1) is 11.8 Å². The fraction of sp³-hybridized carbons (Fsp3) is 0.875. The summed E-state index contributed by atoms with van der Waals surface area (Å²) >= 11 is 1.88. The lowest BCUT2D eigenvalue weighted by Crippen LogP contribution is -2.10. The van der Waals surface area contributed by atoms with Gasteiger partial charge in [0.05, 0.1) is 5.04 Å². The van der Waals surface area contributed by atoms with E-state index in [-0.39, 0.29) is 0 Å². The maximum absolute atomic E-state index is 4.29. The van der Waals surface area contributed by atoms with Crippen LogP contribution in [-0.4, -0.2) is 17.3 Å².